The molecule has 0 radical (unpaired) electrons. The van der Waals surface area contributed by atoms with Crippen LogP contribution in [0.15, 0.2) is 173 Å². The molecular formula is C63H49BN2O4. The molecule has 0 saturated heterocycles. The van der Waals surface area contributed by atoms with Gasteiger partial charge in [-0.1, -0.05) is 112 Å². The monoisotopic (exact) mass is 908 g/mol. The average molecular weight is 909 g/mol. The van der Waals surface area contributed by atoms with Gasteiger partial charge in [-0.25, -0.2) is 0 Å². The number of para-hydroxylation sites is 2. The number of furan rings is 2. The Bertz CT molecular complexity index is 3980. The molecule has 3 aliphatic rings. The molecule has 0 saturated carbocycles. The lowest BCUT2D eigenvalue weighted by molar-refractivity contribution is 0.172. The van der Waals surface area contributed by atoms with E-state index in [0.717, 1.165) is 106 Å². The average Bonchev–Trinajstić information content (AvgIpc) is 3.94. The van der Waals surface area contributed by atoms with Crippen molar-refractivity contribution in [2.24, 2.45) is 0 Å². The molecule has 70 heavy (non-hydrogen) atoms. The largest absolute Gasteiger partial charge is 0.486 e. The molecule has 6 nitrogen and oxygen atoms in total. The molecule has 0 N–H and O–H groups in total. The third kappa shape index (κ3) is 6.06. The van der Waals surface area contributed by atoms with Crippen LogP contribution in [-0.2, 0) is 5.41 Å². The van der Waals surface area contributed by atoms with E-state index in [1.54, 1.807) is 0 Å². The van der Waals surface area contributed by atoms with Crippen molar-refractivity contribution in [1.82, 2.24) is 0 Å². The molecule has 11 aromatic rings. The van der Waals surface area contributed by atoms with Gasteiger partial charge in [-0.15, -0.1) is 0 Å². The molecule has 0 spiro atoms. The second-order valence-corrected chi connectivity index (χ2v) is 20.5. The summed E-state index contributed by atoms with van der Waals surface area (Å²) in [6.45, 7) is 14.5. The quantitative estimate of drug-likeness (QED) is 0.164. The highest BCUT2D eigenvalue weighted by atomic mass is 16.6. The molecule has 5 heterocycles. The van der Waals surface area contributed by atoms with Crippen LogP contribution in [0.2, 0.25) is 0 Å². The Hall–Kier alpha value is -8.16. The highest BCUT2D eigenvalue weighted by molar-refractivity contribution is 7.00. The summed E-state index contributed by atoms with van der Waals surface area (Å²) in [7, 11) is 0. The maximum atomic E-state index is 6.75. The van der Waals surface area contributed by atoms with Gasteiger partial charge in [0.05, 0.1) is 11.4 Å². The zero-order valence-corrected chi connectivity index (χ0v) is 40.1. The van der Waals surface area contributed by atoms with E-state index in [9.17, 15) is 0 Å². The van der Waals surface area contributed by atoms with Crippen LogP contribution in [0, 0.1) is 20.8 Å². The lowest BCUT2D eigenvalue weighted by Gasteiger charge is -2.46. The van der Waals surface area contributed by atoms with E-state index >= 15 is 0 Å². The van der Waals surface area contributed by atoms with Crippen molar-refractivity contribution in [2.75, 3.05) is 23.0 Å². The van der Waals surface area contributed by atoms with Crippen molar-refractivity contribution in [1.29, 1.82) is 0 Å². The van der Waals surface area contributed by atoms with Gasteiger partial charge >= 0.3 is 0 Å². The van der Waals surface area contributed by atoms with Gasteiger partial charge in [0.1, 0.15) is 35.5 Å². The summed E-state index contributed by atoms with van der Waals surface area (Å²) < 4.78 is 25.9. The molecule has 0 atom stereocenters. The molecule has 0 fully saturated rings. The van der Waals surface area contributed by atoms with Gasteiger partial charge in [-0.2, -0.15) is 0 Å². The zero-order chi connectivity index (χ0) is 47.2. The Morgan fingerprint density at radius 1 is 0.457 bits per heavy atom. The van der Waals surface area contributed by atoms with Crippen LogP contribution in [0.3, 0.4) is 0 Å². The predicted molar refractivity (Wildman–Crippen MR) is 290 cm³/mol. The van der Waals surface area contributed by atoms with Crippen LogP contribution in [0.4, 0.5) is 34.1 Å². The first-order valence-electron chi connectivity index (χ1n) is 24.4. The third-order valence-electron chi connectivity index (χ3n) is 15.0. The first-order chi connectivity index (χ1) is 34.1. The van der Waals surface area contributed by atoms with E-state index in [0.29, 0.717) is 13.2 Å². The first-order valence-corrected chi connectivity index (χ1v) is 24.4. The summed E-state index contributed by atoms with van der Waals surface area (Å²) in [6, 6.07) is 59.8. The van der Waals surface area contributed by atoms with Crippen LogP contribution in [0.1, 0.15) is 43.0 Å². The maximum absolute atomic E-state index is 6.75. The van der Waals surface area contributed by atoms with Gasteiger partial charge in [0.2, 0.25) is 0 Å². The van der Waals surface area contributed by atoms with E-state index in [1.165, 1.54) is 44.3 Å². The molecule has 2 aromatic heterocycles. The zero-order valence-electron chi connectivity index (χ0n) is 40.1. The SMILES string of the molecule is Cc1cc2c3c(c1)N(c1c(C)cc(C(C)(C)C)cc1C)c1c(ccc4c1OCCO4)B3c1cc(-c3ccc4c(c3)oc3ccccc34)ccc1N2c1ccc(-c2ccc3c(c2)oc2ccccc23)cc1. The van der Waals surface area contributed by atoms with Gasteiger partial charge in [0, 0.05) is 44.3 Å². The Kier molecular flexibility index (Phi) is 8.71. The molecule has 7 heteroatoms. The molecular weight excluding hydrogens is 860 g/mol. The Morgan fingerprint density at radius 2 is 1.01 bits per heavy atom. The molecule has 0 amide bonds. The molecule has 9 aromatic carbocycles. The van der Waals surface area contributed by atoms with E-state index in [-0.39, 0.29) is 12.1 Å². The van der Waals surface area contributed by atoms with Gasteiger partial charge in [-0.3, -0.25) is 0 Å². The minimum absolute atomic E-state index is 0.00977. The van der Waals surface area contributed by atoms with Crippen LogP contribution < -0.4 is 35.7 Å². The minimum atomic E-state index is -0.127. The second-order valence-electron chi connectivity index (χ2n) is 20.5. The van der Waals surface area contributed by atoms with Gasteiger partial charge in [-0.05, 0) is 160 Å². The van der Waals surface area contributed by atoms with Crippen LogP contribution in [0.25, 0.3) is 66.1 Å². The molecule has 14 rings (SSSR count). The standard InChI is InChI=1S/C63H49BN2O4/c1-36-29-52-59-53(30-36)66(60-37(2)31-43(32-38(60)3)63(4,5)6)61-49(24-26-56-62(61)68-28-27-67-56)64(59)50-33-40(42-18-23-48-46-12-8-10-14-55(46)70-58(48)35-42)19-25-51(50)65(52)44-20-15-39(16-21-44)41-17-22-47-45-11-7-9-13-54(45)69-57(47)34-41/h7-26,29-35H,27-28H2,1-6H3. The first kappa shape index (κ1) is 40.9. The van der Waals surface area contributed by atoms with Crippen molar-refractivity contribution < 1.29 is 18.3 Å². The summed E-state index contributed by atoms with van der Waals surface area (Å²) in [6.07, 6.45) is 0. The number of hydrogen-bond donors (Lipinski definition) is 0. The maximum Gasteiger partial charge on any atom is 0.252 e. The van der Waals surface area contributed by atoms with Crippen LogP contribution in [-0.4, -0.2) is 19.9 Å². The van der Waals surface area contributed by atoms with E-state index in [4.69, 9.17) is 18.3 Å². The van der Waals surface area contributed by atoms with Crippen LogP contribution in [0.5, 0.6) is 11.5 Å². The van der Waals surface area contributed by atoms with E-state index < -0.39 is 0 Å². The number of nitrogens with zero attached hydrogens (tertiary/aromatic N) is 2. The molecule has 3 aliphatic heterocycles. The Balaban J connectivity index is 0.998. The summed E-state index contributed by atoms with van der Waals surface area (Å²) in [4.78, 5) is 4.99. The van der Waals surface area contributed by atoms with Crippen molar-refractivity contribution in [3.05, 3.63) is 186 Å². The van der Waals surface area contributed by atoms with Crippen molar-refractivity contribution >= 4 is 101 Å². The minimum Gasteiger partial charge on any atom is -0.486 e. The fourth-order valence-corrected chi connectivity index (χ4v) is 11.8. The number of rotatable bonds is 4. The number of aryl methyl sites for hydroxylation is 3. The molecule has 0 unspecified atom stereocenters. The Labute approximate surface area is 407 Å². The summed E-state index contributed by atoms with van der Waals surface area (Å²) >= 11 is 0. The van der Waals surface area contributed by atoms with Crippen LogP contribution >= 0.6 is 0 Å². The highest BCUT2D eigenvalue weighted by Crippen LogP contribution is 2.52. The number of anilines is 6. The number of benzene rings is 9. The predicted octanol–water partition coefficient (Wildman–Crippen LogP) is 14.9. The summed E-state index contributed by atoms with van der Waals surface area (Å²) in [5.74, 6) is 1.57. The molecule has 0 aliphatic carbocycles. The van der Waals surface area contributed by atoms with Crippen molar-refractivity contribution in [2.45, 2.75) is 47.0 Å². The van der Waals surface area contributed by atoms with Gasteiger partial charge < -0.3 is 28.1 Å². The number of hydrogen-bond acceptors (Lipinski definition) is 6. The summed E-state index contributed by atoms with van der Waals surface area (Å²) in [5.41, 5.74) is 23.3. The Morgan fingerprint density at radius 3 is 1.67 bits per heavy atom. The molecule has 338 valence electrons. The topological polar surface area (TPSA) is 51.2 Å². The number of fused-ring (bicyclic) bond motifs is 12. The van der Waals surface area contributed by atoms with E-state index in [1.807, 2.05) is 24.3 Å². The highest BCUT2D eigenvalue weighted by Gasteiger charge is 2.46. The lowest BCUT2D eigenvalue weighted by atomic mass is 9.33. The second kappa shape index (κ2) is 14.9. The number of ether oxygens (including phenoxy) is 2. The van der Waals surface area contributed by atoms with E-state index in [2.05, 4.69) is 191 Å². The van der Waals surface area contributed by atoms with Gasteiger partial charge in [0.25, 0.3) is 6.71 Å². The fraction of sp³-hybridized carbons (Fsp3) is 0.143. The third-order valence-corrected chi connectivity index (χ3v) is 15.0. The van der Waals surface area contributed by atoms with Crippen molar-refractivity contribution in [3.8, 4) is 33.8 Å². The summed E-state index contributed by atoms with van der Waals surface area (Å²) in [5, 5.41) is 4.51. The lowest BCUT2D eigenvalue weighted by Crippen LogP contribution is -2.61. The van der Waals surface area contributed by atoms with Gasteiger partial charge in [0.15, 0.2) is 11.5 Å². The smallest absolute Gasteiger partial charge is 0.252 e. The normalized spacial score (nSPS) is 13.9. The fourth-order valence-electron chi connectivity index (χ4n) is 11.8. The molecule has 0 bridgehead atoms. The van der Waals surface area contributed by atoms with Crippen molar-refractivity contribution in [3.63, 3.8) is 0 Å².